The fourth-order valence-corrected chi connectivity index (χ4v) is 1.26. The summed E-state index contributed by atoms with van der Waals surface area (Å²) in [4.78, 5) is 11.0. The van der Waals surface area contributed by atoms with Gasteiger partial charge in [0.15, 0.2) is 5.78 Å². The van der Waals surface area contributed by atoms with E-state index in [-0.39, 0.29) is 27.3 Å². The Balaban J connectivity index is 3.20. The van der Waals surface area contributed by atoms with Crippen molar-refractivity contribution >= 4 is 40.6 Å². The van der Waals surface area contributed by atoms with Crippen LogP contribution in [-0.2, 0) is 0 Å². The van der Waals surface area contributed by atoms with Crippen molar-refractivity contribution in [1.82, 2.24) is 0 Å². The minimum absolute atomic E-state index is 0.00938. The molecule has 0 aliphatic rings. The van der Waals surface area contributed by atoms with Gasteiger partial charge in [0.2, 0.25) is 0 Å². The minimum atomic E-state index is -0.720. The van der Waals surface area contributed by atoms with Crippen LogP contribution in [0.2, 0.25) is 10.0 Å². The number of halogens is 4. The Kier molecular flexibility index (Phi) is 3.54. The lowest BCUT2D eigenvalue weighted by atomic mass is 10.1. The number of benzene rings is 1. The van der Waals surface area contributed by atoms with Crippen molar-refractivity contribution in [2.75, 3.05) is 5.88 Å². The van der Waals surface area contributed by atoms with Crippen LogP contribution in [0.15, 0.2) is 12.1 Å². The molecule has 0 fully saturated rings. The van der Waals surface area contributed by atoms with Crippen molar-refractivity contribution in [2.24, 2.45) is 0 Å². The Hall–Kier alpha value is -0.310. The molecule has 0 unspecified atom stereocenters. The number of alkyl halides is 1. The molecule has 70 valence electrons. The van der Waals surface area contributed by atoms with Crippen molar-refractivity contribution < 1.29 is 9.18 Å². The second-order valence-electron chi connectivity index (χ2n) is 2.31. The van der Waals surface area contributed by atoms with Crippen molar-refractivity contribution in [3.63, 3.8) is 0 Å². The van der Waals surface area contributed by atoms with Crippen LogP contribution in [0, 0.1) is 5.82 Å². The molecular weight excluding hydrogens is 237 g/mol. The number of hydrogen-bond donors (Lipinski definition) is 0. The summed E-state index contributed by atoms with van der Waals surface area (Å²) >= 11 is 16.3. The zero-order valence-electron chi connectivity index (χ0n) is 6.28. The number of carbonyl (C=O) groups is 1. The summed E-state index contributed by atoms with van der Waals surface area (Å²) in [5, 5.41) is -0.178. The van der Waals surface area contributed by atoms with E-state index in [1.165, 1.54) is 6.07 Å². The highest BCUT2D eigenvalue weighted by Gasteiger charge is 2.11. The molecule has 1 aromatic rings. The van der Waals surface area contributed by atoms with E-state index in [1.54, 1.807) is 0 Å². The SMILES string of the molecule is O=C(CCl)c1cc(F)c(Cl)c(Cl)c1. The average molecular weight is 241 g/mol. The number of rotatable bonds is 2. The van der Waals surface area contributed by atoms with E-state index < -0.39 is 5.82 Å². The first-order chi connectivity index (χ1) is 6.06. The second kappa shape index (κ2) is 4.27. The van der Waals surface area contributed by atoms with Gasteiger partial charge in [-0.05, 0) is 12.1 Å². The van der Waals surface area contributed by atoms with E-state index in [2.05, 4.69) is 0 Å². The molecule has 1 rings (SSSR count). The topological polar surface area (TPSA) is 17.1 Å². The zero-order valence-corrected chi connectivity index (χ0v) is 8.55. The Bertz CT molecular complexity index is 328. The maximum atomic E-state index is 12.9. The van der Waals surface area contributed by atoms with Crippen LogP contribution < -0.4 is 0 Å². The van der Waals surface area contributed by atoms with Crippen LogP contribution in [0.3, 0.4) is 0 Å². The molecule has 0 atom stereocenters. The van der Waals surface area contributed by atoms with E-state index in [9.17, 15) is 9.18 Å². The molecule has 0 saturated heterocycles. The van der Waals surface area contributed by atoms with Gasteiger partial charge in [0.05, 0.1) is 15.9 Å². The van der Waals surface area contributed by atoms with Crippen LogP contribution in [0.5, 0.6) is 0 Å². The van der Waals surface area contributed by atoms with Crippen molar-refractivity contribution in [3.05, 3.63) is 33.6 Å². The Morgan fingerprint density at radius 2 is 2.00 bits per heavy atom. The second-order valence-corrected chi connectivity index (χ2v) is 3.36. The molecule has 0 amide bonds. The van der Waals surface area contributed by atoms with Gasteiger partial charge in [-0.25, -0.2) is 4.39 Å². The molecule has 1 nitrogen and oxygen atoms in total. The number of Topliss-reactive ketones (excluding diaryl/α,β-unsaturated/α-hetero) is 1. The van der Waals surface area contributed by atoms with Gasteiger partial charge >= 0.3 is 0 Å². The van der Waals surface area contributed by atoms with Crippen LogP contribution >= 0.6 is 34.8 Å². The van der Waals surface area contributed by atoms with E-state index >= 15 is 0 Å². The zero-order chi connectivity index (χ0) is 10.0. The molecule has 0 bridgehead atoms. The lowest BCUT2D eigenvalue weighted by molar-refractivity contribution is 0.102. The maximum Gasteiger partial charge on any atom is 0.177 e. The normalized spacial score (nSPS) is 10.2. The molecule has 0 radical (unpaired) electrons. The van der Waals surface area contributed by atoms with Crippen LogP contribution in [0.25, 0.3) is 0 Å². The molecule has 5 heteroatoms. The van der Waals surface area contributed by atoms with Gasteiger partial charge < -0.3 is 0 Å². The van der Waals surface area contributed by atoms with Crippen LogP contribution in [0.4, 0.5) is 4.39 Å². The quantitative estimate of drug-likeness (QED) is 0.440. The Morgan fingerprint density at radius 3 is 2.46 bits per heavy atom. The lowest BCUT2D eigenvalue weighted by Crippen LogP contribution is -2.01. The number of hydrogen-bond acceptors (Lipinski definition) is 1. The molecule has 0 heterocycles. The maximum absolute atomic E-state index is 12.9. The molecule has 0 aliphatic heterocycles. The van der Waals surface area contributed by atoms with E-state index in [0.29, 0.717) is 0 Å². The smallest absolute Gasteiger partial charge is 0.177 e. The molecular formula is C8H4Cl3FO. The van der Waals surface area contributed by atoms with E-state index in [1.807, 2.05) is 0 Å². The highest BCUT2D eigenvalue weighted by Crippen LogP contribution is 2.26. The fraction of sp³-hybridized carbons (Fsp3) is 0.125. The fourth-order valence-electron chi connectivity index (χ4n) is 0.794. The predicted octanol–water partition coefficient (Wildman–Crippen LogP) is 3.55. The number of carbonyl (C=O) groups excluding carboxylic acids is 1. The molecule has 0 spiro atoms. The lowest BCUT2D eigenvalue weighted by Gasteiger charge is -2.01. The third-order valence-corrected chi connectivity index (χ3v) is 2.45. The summed E-state index contributed by atoms with van der Waals surface area (Å²) in [6.07, 6.45) is 0. The molecule has 0 aromatic heterocycles. The highest BCUT2D eigenvalue weighted by atomic mass is 35.5. The van der Waals surface area contributed by atoms with Gasteiger partial charge in [-0.1, -0.05) is 23.2 Å². The number of ketones is 1. The standard InChI is InChI=1S/C8H4Cl3FO/c9-3-7(13)4-1-5(10)8(11)6(12)2-4/h1-2H,3H2. The first-order valence-corrected chi connectivity index (χ1v) is 4.59. The van der Waals surface area contributed by atoms with Gasteiger partial charge in [0.25, 0.3) is 0 Å². The predicted molar refractivity (Wildman–Crippen MR) is 51.5 cm³/mol. The monoisotopic (exact) mass is 240 g/mol. The third-order valence-electron chi connectivity index (χ3n) is 1.43. The van der Waals surface area contributed by atoms with Crippen molar-refractivity contribution in [2.45, 2.75) is 0 Å². The highest BCUT2D eigenvalue weighted by molar-refractivity contribution is 6.42. The van der Waals surface area contributed by atoms with Crippen molar-refractivity contribution in [1.29, 1.82) is 0 Å². The summed E-state index contributed by atoms with van der Waals surface area (Å²) < 4.78 is 12.9. The van der Waals surface area contributed by atoms with E-state index in [4.69, 9.17) is 34.8 Å². The molecule has 1 aromatic carbocycles. The largest absolute Gasteiger partial charge is 0.293 e. The van der Waals surface area contributed by atoms with Gasteiger partial charge in [0.1, 0.15) is 5.82 Å². The van der Waals surface area contributed by atoms with Gasteiger partial charge in [-0.3, -0.25) is 4.79 Å². The summed E-state index contributed by atoms with van der Waals surface area (Å²) in [5.74, 6) is -1.32. The molecule has 0 saturated carbocycles. The molecule has 0 N–H and O–H groups in total. The molecule has 0 aliphatic carbocycles. The van der Waals surface area contributed by atoms with Gasteiger partial charge in [-0.2, -0.15) is 0 Å². The summed E-state index contributed by atoms with van der Waals surface area (Å²) in [7, 11) is 0. The van der Waals surface area contributed by atoms with Crippen molar-refractivity contribution in [3.8, 4) is 0 Å². The van der Waals surface area contributed by atoms with Gasteiger partial charge in [0, 0.05) is 5.56 Å². The first-order valence-electron chi connectivity index (χ1n) is 3.30. The summed E-state index contributed by atoms with van der Waals surface area (Å²) in [6.45, 7) is 0. The summed E-state index contributed by atoms with van der Waals surface area (Å²) in [6, 6.07) is 2.30. The third kappa shape index (κ3) is 2.33. The Morgan fingerprint density at radius 1 is 1.38 bits per heavy atom. The molecule has 13 heavy (non-hydrogen) atoms. The minimum Gasteiger partial charge on any atom is -0.293 e. The van der Waals surface area contributed by atoms with Gasteiger partial charge in [-0.15, -0.1) is 11.6 Å². The Labute approximate surface area is 89.4 Å². The van der Waals surface area contributed by atoms with E-state index in [0.717, 1.165) is 6.07 Å². The summed E-state index contributed by atoms with van der Waals surface area (Å²) in [5.41, 5.74) is 0.127. The first kappa shape index (κ1) is 10.8. The van der Waals surface area contributed by atoms with Crippen LogP contribution in [0.1, 0.15) is 10.4 Å². The van der Waals surface area contributed by atoms with Crippen LogP contribution in [-0.4, -0.2) is 11.7 Å². The average Bonchev–Trinajstić information content (AvgIpc) is 2.12.